The molecule has 0 saturated carbocycles. The van der Waals surface area contributed by atoms with Gasteiger partial charge in [-0.3, -0.25) is 4.99 Å². The minimum atomic E-state index is -0.380. The van der Waals surface area contributed by atoms with Crippen molar-refractivity contribution in [1.82, 2.24) is 0 Å². The van der Waals surface area contributed by atoms with Crippen LogP contribution >= 0.6 is 0 Å². The van der Waals surface area contributed by atoms with E-state index < -0.39 is 0 Å². The summed E-state index contributed by atoms with van der Waals surface area (Å²) < 4.78 is 13.2. The van der Waals surface area contributed by atoms with E-state index in [1.807, 2.05) is 30.3 Å². The molecular formula is C14H12FNO. The van der Waals surface area contributed by atoms with E-state index in [9.17, 15) is 9.50 Å². The number of phenols is 1. The topological polar surface area (TPSA) is 32.6 Å². The van der Waals surface area contributed by atoms with Crippen LogP contribution in [0.25, 0.3) is 0 Å². The third-order valence-corrected chi connectivity index (χ3v) is 2.40. The Morgan fingerprint density at radius 2 is 1.88 bits per heavy atom. The van der Waals surface area contributed by atoms with E-state index >= 15 is 0 Å². The summed E-state index contributed by atoms with van der Waals surface area (Å²) in [6.45, 7) is 1.65. The largest absolute Gasteiger partial charge is 0.507 e. The molecule has 0 heterocycles. The maximum atomic E-state index is 13.2. The van der Waals surface area contributed by atoms with E-state index in [2.05, 4.69) is 4.99 Å². The van der Waals surface area contributed by atoms with Gasteiger partial charge >= 0.3 is 0 Å². The number of para-hydroxylation sites is 1. The highest BCUT2D eigenvalue weighted by Gasteiger charge is 2.04. The van der Waals surface area contributed by atoms with Crippen LogP contribution in [0.3, 0.4) is 0 Å². The molecule has 0 spiro atoms. The van der Waals surface area contributed by atoms with Crippen LogP contribution < -0.4 is 0 Å². The molecule has 0 aliphatic rings. The lowest BCUT2D eigenvalue weighted by Crippen LogP contribution is -1.88. The van der Waals surface area contributed by atoms with E-state index in [1.165, 1.54) is 18.3 Å². The molecule has 0 radical (unpaired) electrons. The fourth-order valence-corrected chi connectivity index (χ4v) is 1.52. The average molecular weight is 229 g/mol. The lowest BCUT2D eigenvalue weighted by Gasteiger charge is -2.02. The molecule has 17 heavy (non-hydrogen) atoms. The number of nitrogens with zero attached hydrogens (tertiary/aromatic N) is 1. The van der Waals surface area contributed by atoms with Gasteiger partial charge in [-0.15, -0.1) is 0 Å². The molecule has 0 atom stereocenters. The van der Waals surface area contributed by atoms with Gasteiger partial charge in [-0.2, -0.15) is 0 Å². The number of halogens is 1. The van der Waals surface area contributed by atoms with Crippen molar-refractivity contribution in [2.45, 2.75) is 6.92 Å². The van der Waals surface area contributed by atoms with E-state index in [0.717, 1.165) is 5.69 Å². The molecule has 2 rings (SSSR count). The summed E-state index contributed by atoms with van der Waals surface area (Å²) in [6.07, 6.45) is 1.46. The molecular weight excluding hydrogens is 217 g/mol. The number of rotatable bonds is 2. The fraction of sp³-hybridized carbons (Fsp3) is 0.0714. The van der Waals surface area contributed by atoms with Crippen molar-refractivity contribution in [3.63, 3.8) is 0 Å². The molecule has 0 saturated heterocycles. The second-order valence-electron chi connectivity index (χ2n) is 3.75. The van der Waals surface area contributed by atoms with Gasteiger partial charge in [0.2, 0.25) is 0 Å². The van der Waals surface area contributed by atoms with Crippen molar-refractivity contribution in [1.29, 1.82) is 0 Å². The number of benzene rings is 2. The minimum Gasteiger partial charge on any atom is -0.507 e. The standard InChI is InChI=1S/C14H12FNO/c1-10-7-12(15)8-11(14(10)17)9-16-13-5-3-2-4-6-13/h2-9,17H,1H3. The molecule has 86 valence electrons. The smallest absolute Gasteiger partial charge is 0.127 e. The van der Waals surface area contributed by atoms with Crippen LogP contribution in [-0.2, 0) is 0 Å². The molecule has 0 amide bonds. The summed E-state index contributed by atoms with van der Waals surface area (Å²) in [7, 11) is 0. The van der Waals surface area contributed by atoms with Crippen molar-refractivity contribution >= 4 is 11.9 Å². The van der Waals surface area contributed by atoms with Gasteiger partial charge in [-0.1, -0.05) is 18.2 Å². The summed E-state index contributed by atoms with van der Waals surface area (Å²) in [4.78, 5) is 4.17. The lowest BCUT2D eigenvalue weighted by molar-refractivity contribution is 0.467. The molecule has 0 bridgehead atoms. The Labute approximate surface area is 99.1 Å². The second-order valence-corrected chi connectivity index (χ2v) is 3.75. The van der Waals surface area contributed by atoms with Gasteiger partial charge in [-0.25, -0.2) is 4.39 Å². The molecule has 1 N–H and O–H groups in total. The molecule has 0 aliphatic carbocycles. The summed E-state index contributed by atoms with van der Waals surface area (Å²) >= 11 is 0. The van der Waals surface area contributed by atoms with E-state index in [4.69, 9.17) is 0 Å². The second kappa shape index (κ2) is 4.78. The van der Waals surface area contributed by atoms with Gasteiger partial charge in [0.25, 0.3) is 0 Å². The number of aliphatic imine (C=N–C) groups is 1. The normalized spacial score (nSPS) is 10.9. The molecule has 2 aromatic rings. The monoisotopic (exact) mass is 229 g/mol. The third-order valence-electron chi connectivity index (χ3n) is 2.40. The number of hydrogen-bond donors (Lipinski definition) is 1. The third kappa shape index (κ3) is 2.69. The van der Waals surface area contributed by atoms with Crippen molar-refractivity contribution in [2.75, 3.05) is 0 Å². The van der Waals surface area contributed by atoms with Crippen LogP contribution in [0.2, 0.25) is 0 Å². The molecule has 0 fully saturated rings. The molecule has 3 heteroatoms. The number of aromatic hydroxyl groups is 1. The van der Waals surface area contributed by atoms with Gasteiger partial charge < -0.3 is 5.11 Å². The van der Waals surface area contributed by atoms with Gasteiger partial charge in [-0.05, 0) is 36.8 Å². The number of hydrogen-bond acceptors (Lipinski definition) is 2. The van der Waals surface area contributed by atoms with Crippen LogP contribution in [0, 0.1) is 12.7 Å². The SMILES string of the molecule is Cc1cc(F)cc(C=Nc2ccccc2)c1O. The zero-order valence-electron chi connectivity index (χ0n) is 9.39. The quantitative estimate of drug-likeness (QED) is 0.784. The summed E-state index contributed by atoms with van der Waals surface area (Å²) in [6, 6.07) is 11.8. The summed E-state index contributed by atoms with van der Waals surface area (Å²) in [5.74, 6) is -0.319. The molecule has 0 aliphatic heterocycles. The Bertz CT molecular complexity index is 550. The van der Waals surface area contributed by atoms with Crippen molar-refractivity contribution in [3.8, 4) is 5.75 Å². The maximum Gasteiger partial charge on any atom is 0.127 e. The highest BCUT2D eigenvalue weighted by molar-refractivity contribution is 5.85. The first-order chi connectivity index (χ1) is 8.16. The highest BCUT2D eigenvalue weighted by atomic mass is 19.1. The van der Waals surface area contributed by atoms with Crippen LogP contribution in [0.15, 0.2) is 47.5 Å². The zero-order chi connectivity index (χ0) is 12.3. The molecule has 2 aromatic carbocycles. The Morgan fingerprint density at radius 3 is 2.59 bits per heavy atom. The highest BCUT2D eigenvalue weighted by Crippen LogP contribution is 2.22. The number of phenolic OH excluding ortho intramolecular Hbond substituents is 1. The predicted octanol–water partition coefficient (Wildman–Crippen LogP) is 3.59. The first kappa shape index (κ1) is 11.3. The average Bonchev–Trinajstić information content (AvgIpc) is 2.33. The van der Waals surface area contributed by atoms with Crippen LogP contribution in [0.4, 0.5) is 10.1 Å². The summed E-state index contributed by atoms with van der Waals surface area (Å²) in [5.41, 5.74) is 1.64. The van der Waals surface area contributed by atoms with Gasteiger partial charge in [0, 0.05) is 11.8 Å². The van der Waals surface area contributed by atoms with E-state index in [1.54, 1.807) is 6.92 Å². The zero-order valence-corrected chi connectivity index (χ0v) is 9.39. The van der Waals surface area contributed by atoms with Gasteiger partial charge in [0.05, 0.1) is 5.69 Å². The van der Waals surface area contributed by atoms with Crippen molar-refractivity contribution in [2.24, 2.45) is 4.99 Å². The first-order valence-corrected chi connectivity index (χ1v) is 5.25. The lowest BCUT2D eigenvalue weighted by atomic mass is 10.1. The van der Waals surface area contributed by atoms with Crippen LogP contribution in [-0.4, -0.2) is 11.3 Å². The van der Waals surface area contributed by atoms with Crippen molar-refractivity contribution in [3.05, 3.63) is 59.4 Å². The van der Waals surface area contributed by atoms with Crippen LogP contribution in [0.5, 0.6) is 5.75 Å². The molecule has 2 nitrogen and oxygen atoms in total. The fourth-order valence-electron chi connectivity index (χ4n) is 1.52. The Morgan fingerprint density at radius 1 is 1.18 bits per heavy atom. The Kier molecular flexibility index (Phi) is 3.19. The Hall–Kier alpha value is -2.16. The van der Waals surface area contributed by atoms with Crippen molar-refractivity contribution < 1.29 is 9.50 Å². The van der Waals surface area contributed by atoms with Gasteiger partial charge in [0.15, 0.2) is 0 Å². The van der Waals surface area contributed by atoms with Crippen LogP contribution in [0.1, 0.15) is 11.1 Å². The minimum absolute atomic E-state index is 0.0612. The molecule has 0 unspecified atom stereocenters. The van der Waals surface area contributed by atoms with E-state index in [0.29, 0.717) is 11.1 Å². The van der Waals surface area contributed by atoms with Gasteiger partial charge in [0.1, 0.15) is 11.6 Å². The van der Waals surface area contributed by atoms with E-state index in [-0.39, 0.29) is 11.6 Å². The first-order valence-electron chi connectivity index (χ1n) is 5.25. The Balaban J connectivity index is 2.33. The number of aryl methyl sites for hydroxylation is 1. The maximum absolute atomic E-state index is 13.2. The molecule has 0 aromatic heterocycles. The predicted molar refractivity (Wildman–Crippen MR) is 66.5 cm³/mol. The summed E-state index contributed by atoms with van der Waals surface area (Å²) in [5, 5.41) is 9.74.